The van der Waals surface area contributed by atoms with Gasteiger partial charge in [0, 0.05) is 23.5 Å². The fourth-order valence-corrected chi connectivity index (χ4v) is 4.18. The molecule has 0 aliphatic rings. The molecule has 0 radical (unpaired) electrons. The van der Waals surface area contributed by atoms with Gasteiger partial charge in [0.05, 0.1) is 5.69 Å². The van der Waals surface area contributed by atoms with Gasteiger partial charge in [-0.1, -0.05) is 59.7 Å². The van der Waals surface area contributed by atoms with Crippen molar-refractivity contribution in [2.24, 2.45) is 10.7 Å². The SMILES string of the molecule is Cc1nc(-c2ccc(-c3ccccc3)cc2)sc1-c1nnc(N=C(N)c2cccnc2)o1. The zero-order valence-corrected chi connectivity index (χ0v) is 18.0. The highest BCUT2D eigenvalue weighted by molar-refractivity contribution is 7.18. The molecule has 0 spiro atoms. The Hall–Kier alpha value is -4.17. The number of nitrogens with zero attached hydrogens (tertiary/aromatic N) is 5. The molecular formula is C24H18N6OS. The Morgan fingerprint density at radius 3 is 2.41 bits per heavy atom. The van der Waals surface area contributed by atoms with E-state index in [1.54, 1.807) is 18.5 Å². The molecule has 0 aliphatic heterocycles. The number of aromatic nitrogens is 4. The molecule has 0 saturated carbocycles. The lowest BCUT2D eigenvalue weighted by atomic mass is 10.0. The Morgan fingerprint density at radius 1 is 0.906 bits per heavy atom. The van der Waals surface area contributed by atoms with Gasteiger partial charge in [-0.05, 0) is 30.2 Å². The average molecular weight is 439 g/mol. The maximum atomic E-state index is 6.01. The van der Waals surface area contributed by atoms with Gasteiger partial charge in [0.2, 0.25) is 0 Å². The average Bonchev–Trinajstić information content (AvgIpc) is 3.46. The second-order valence-electron chi connectivity index (χ2n) is 7.01. The highest BCUT2D eigenvalue weighted by Gasteiger charge is 2.17. The molecule has 3 heterocycles. The van der Waals surface area contributed by atoms with E-state index < -0.39 is 0 Å². The molecule has 5 rings (SSSR count). The van der Waals surface area contributed by atoms with Crippen LogP contribution in [0.2, 0.25) is 0 Å². The Morgan fingerprint density at radius 2 is 1.66 bits per heavy atom. The van der Waals surface area contributed by atoms with Crippen molar-refractivity contribution in [2.75, 3.05) is 0 Å². The van der Waals surface area contributed by atoms with Crippen LogP contribution in [0.25, 0.3) is 32.5 Å². The second kappa shape index (κ2) is 8.52. The Balaban J connectivity index is 1.40. The summed E-state index contributed by atoms with van der Waals surface area (Å²) < 4.78 is 5.73. The van der Waals surface area contributed by atoms with Crippen LogP contribution in [0.4, 0.5) is 6.01 Å². The van der Waals surface area contributed by atoms with Gasteiger partial charge in [-0.2, -0.15) is 4.99 Å². The molecule has 156 valence electrons. The highest BCUT2D eigenvalue weighted by atomic mass is 32.1. The molecule has 3 aromatic heterocycles. The van der Waals surface area contributed by atoms with E-state index in [-0.39, 0.29) is 11.9 Å². The van der Waals surface area contributed by atoms with Crippen LogP contribution in [0.1, 0.15) is 11.3 Å². The molecule has 0 aliphatic carbocycles. The maximum Gasteiger partial charge on any atom is 0.344 e. The topological polar surface area (TPSA) is 103 Å². The Bertz CT molecular complexity index is 1380. The molecule has 32 heavy (non-hydrogen) atoms. The molecule has 5 aromatic rings. The van der Waals surface area contributed by atoms with E-state index in [2.05, 4.69) is 56.6 Å². The fraction of sp³-hybridized carbons (Fsp3) is 0.0417. The monoisotopic (exact) mass is 438 g/mol. The summed E-state index contributed by atoms with van der Waals surface area (Å²) >= 11 is 1.50. The van der Waals surface area contributed by atoms with Gasteiger partial charge in [-0.15, -0.1) is 16.4 Å². The number of thiazole rings is 1. The number of hydrogen-bond donors (Lipinski definition) is 1. The number of aliphatic imine (C=N–C) groups is 1. The number of hydrogen-bond acceptors (Lipinski definition) is 7. The van der Waals surface area contributed by atoms with E-state index in [0.717, 1.165) is 26.7 Å². The summed E-state index contributed by atoms with van der Waals surface area (Å²) in [6, 6.07) is 22.3. The predicted octanol–water partition coefficient (Wildman–Crippen LogP) is 5.27. The molecule has 2 N–H and O–H groups in total. The van der Waals surface area contributed by atoms with Crippen LogP contribution in [0.3, 0.4) is 0 Å². The second-order valence-corrected chi connectivity index (χ2v) is 8.00. The third kappa shape index (κ3) is 4.03. The van der Waals surface area contributed by atoms with Crippen LogP contribution in [0.15, 0.2) is 88.5 Å². The zero-order valence-electron chi connectivity index (χ0n) is 17.1. The largest absolute Gasteiger partial charge is 0.401 e. The first-order chi connectivity index (χ1) is 15.7. The van der Waals surface area contributed by atoms with Gasteiger partial charge >= 0.3 is 6.01 Å². The Labute approximate surface area is 188 Å². The fourth-order valence-electron chi connectivity index (χ4n) is 3.19. The quantitative estimate of drug-likeness (QED) is 0.296. The first-order valence-corrected chi connectivity index (χ1v) is 10.7. The molecular weight excluding hydrogens is 420 g/mol. The highest BCUT2D eigenvalue weighted by Crippen LogP contribution is 2.36. The number of rotatable bonds is 5. The predicted molar refractivity (Wildman–Crippen MR) is 126 cm³/mol. The van der Waals surface area contributed by atoms with Crippen LogP contribution in [-0.4, -0.2) is 26.0 Å². The first-order valence-electron chi connectivity index (χ1n) is 9.89. The molecule has 2 aromatic carbocycles. The molecule has 0 saturated heterocycles. The number of nitrogens with two attached hydrogens (primary N) is 1. The third-order valence-electron chi connectivity index (χ3n) is 4.82. The smallest absolute Gasteiger partial charge is 0.344 e. The lowest BCUT2D eigenvalue weighted by Gasteiger charge is -2.02. The van der Waals surface area contributed by atoms with Crippen molar-refractivity contribution < 1.29 is 4.42 Å². The number of amidine groups is 1. The van der Waals surface area contributed by atoms with Crippen LogP contribution in [0, 0.1) is 6.92 Å². The van der Waals surface area contributed by atoms with Crippen molar-refractivity contribution in [3.63, 3.8) is 0 Å². The van der Waals surface area contributed by atoms with E-state index in [4.69, 9.17) is 15.1 Å². The van der Waals surface area contributed by atoms with Crippen molar-refractivity contribution in [2.45, 2.75) is 6.92 Å². The minimum atomic E-state index is 0.0860. The number of pyridine rings is 1. The van der Waals surface area contributed by atoms with Crippen molar-refractivity contribution in [3.8, 4) is 32.5 Å². The molecule has 7 nitrogen and oxygen atoms in total. The van der Waals surface area contributed by atoms with E-state index in [0.29, 0.717) is 11.5 Å². The van der Waals surface area contributed by atoms with Crippen LogP contribution >= 0.6 is 11.3 Å². The van der Waals surface area contributed by atoms with Gasteiger partial charge in [0.15, 0.2) is 0 Å². The van der Waals surface area contributed by atoms with Gasteiger partial charge in [0.25, 0.3) is 5.89 Å². The van der Waals surface area contributed by atoms with Crippen molar-refractivity contribution >= 4 is 23.2 Å². The van der Waals surface area contributed by atoms with E-state index >= 15 is 0 Å². The van der Waals surface area contributed by atoms with Crippen LogP contribution in [-0.2, 0) is 0 Å². The van der Waals surface area contributed by atoms with Crippen molar-refractivity contribution in [1.82, 2.24) is 20.2 Å². The minimum absolute atomic E-state index is 0.0860. The van der Waals surface area contributed by atoms with Gasteiger partial charge in [-0.25, -0.2) is 4.98 Å². The zero-order chi connectivity index (χ0) is 21.9. The normalized spacial score (nSPS) is 11.6. The molecule has 0 bridgehead atoms. The van der Waals surface area contributed by atoms with E-state index in [9.17, 15) is 0 Å². The summed E-state index contributed by atoms with van der Waals surface area (Å²) in [5.41, 5.74) is 10.9. The van der Waals surface area contributed by atoms with Crippen molar-refractivity contribution in [1.29, 1.82) is 0 Å². The van der Waals surface area contributed by atoms with Crippen LogP contribution < -0.4 is 5.73 Å². The summed E-state index contributed by atoms with van der Waals surface area (Å²) in [6.45, 7) is 1.92. The maximum absolute atomic E-state index is 6.01. The molecule has 0 unspecified atom stereocenters. The van der Waals surface area contributed by atoms with E-state index in [1.165, 1.54) is 16.9 Å². The summed E-state index contributed by atoms with van der Waals surface area (Å²) in [5, 5.41) is 9.02. The molecule has 8 heteroatoms. The number of aryl methyl sites for hydroxylation is 1. The Kier molecular flexibility index (Phi) is 5.27. The minimum Gasteiger partial charge on any atom is -0.401 e. The van der Waals surface area contributed by atoms with E-state index in [1.807, 2.05) is 31.2 Å². The third-order valence-corrected chi connectivity index (χ3v) is 6.01. The molecule has 0 fully saturated rings. The van der Waals surface area contributed by atoms with Gasteiger partial charge in [-0.3, -0.25) is 4.98 Å². The summed E-state index contributed by atoms with van der Waals surface area (Å²) in [4.78, 5) is 13.7. The van der Waals surface area contributed by atoms with Crippen molar-refractivity contribution in [3.05, 3.63) is 90.4 Å². The summed E-state index contributed by atoms with van der Waals surface area (Å²) in [6.07, 6.45) is 3.29. The molecule has 0 amide bonds. The molecule has 0 atom stereocenters. The summed E-state index contributed by atoms with van der Waals surface area (Å²) in [5.74, 6) is 0.624. The lowest BCUT2D eigenvalue weighted by Crippen LogP contribution is -2.12. The van der Waals surface area contributed by atoms with Gasteiger partial charge in [0.1, 0.15) is 15.7 Å². The summed E-state index contributed by atoms with van der Waals surface area (Å²) in [7, 11) is 0. The van der Waals surface area contributed by atoms with Gasteiger partial charge < -0.3 is 10.2 Å². The standard InChI is InChI=1S/C24H18N6OS/c1-15-20(22-29-30-24(31-22)28-21(25)19-8-5-13-26-14-19)32-23(27-15)18-11-9-17(10-12-18)16-6-3-2-4-7-16/h2-14H,1H3,(H2,25,28,30). The first kappa shape index (κ1) is 19.8. The number of benzene rings is 2. The lowest BCUT2D eigenvalue weighted by molar-refractivity contribution is 0.580. The van der Waals surface area contributed by atoms with Crippen LogP contribution in [0.5, 0.6) is 0 Å².